The molecule has 3 aliphatic carbocycles. The molecule has 0 aliphatic heterocycles. The molecule has 0 bridgehead atoms. The van der Waals surface area contributed by atoms with Gasteiger partial charge in [-0.1, -0.05) is 40.0 Å². The average Bonchev–Trinajstić information content (AvgIpc) is 2.79. The highest BCUT2D eigenvalue weighted by Crippen LogP contribution is 2.55. The molecule has 6 nitrogen and oxygen atoms in total. The smallest absolute Gasteiger partial charge is 0.225 e. The van der Waals surface area contributed by atoms with Gasteiger partial charge in [0.15, 0.2) is 0 Å². The van der Waals surface area contributed by atoms with Crippen LogP contribution < -0.4 is 5.32 Å². The van der Waals surface area contributed by atoms with E-state index in [0.29, 0.717) is 13.0 Å². The highest BCUT2D eigenvalue weighted by molar-refractivity contribution is 5.79. The van der Waals surface area contributed by atoms with Crippen LogP contribution in [0.25, 0.3) is 0 Å². The van der Waals surface area contributed by atoms with Gasteiger partial charge in [-0.25, -0.2) is 0 Å². The molecule has 7 unspecified atom stereocenters. The van der Waals surface area contributed by atoms with Gasteiger partial charge in [-0.15, -0.1) is 0 Å². The van der Waals surface area contributed by atoms with Crippen molar-refractivity contribution in [2.45, 2.75) is 97.1 Å². The molecule has 3 saturated carbocycles. The van der Waals surface area contributed by atoms with Crippen molar-refractivity contribution in [2.24, 2.45) is 35.0 Å². The van der Waals surface area contributed by atoms with Gasteiger partial charge in [0.1, 0.15) is 0 Å². The van der Waals surface area contributed by atoms with Crippen molar-refractivity contribution in [1.82, 2.24) is 10.2 Å². The first-order valence-corrected chi connectivity index (χ1v) is 12.8. The number of nitriles is 1. The zero-order chi connectivity index (χ0) is 23.5. The summed E-state index contributed by atoms with van der Waals surface area (Å²) in [7, 11) is 1.75. The molecular weight excluding hydrogens is 402 g/mol. The molecule has 0 heterocycles. The van der Waals surface area contributed by atoms with Crippen LogP contribution in [0, 0.1) is 46.3 Å². The molecule has 0 spiro atoms. The molecule has 3 aliphatic rings. The topological polar surface area (TPSA) is 93.4 Å². The summed E-state index contributed by atoms with van der Waals surface area (Å²) in [6, 6.07) is 2.19. The van der Waals surface area contributed by atoms with Crippen LogP contribution in [0.4, 0.5) is 0 Å². The number of aliphatic hydroxyl groups excluding tert-OH is 1. The molecule has 6 heteroatoms. The SMILES string of the molecule is CC(C(=O)N(C)CCC#N)C1CCC2(C)CCC(NC(=O)C3CCCCC3)C(C)C2C1O. The van der Waals surface area contributed by atoms with Gasteiger partial charge in [0.25, 0.3) is 0 Å². The van der Waals surface area contributed by atoms with E-state index < -0.39 is 6.10 Å². The van der Waals surface area contributed by atoms with Crippen molar-refractivity contribution >= 4 is 11.8 Å². The van der Waals surface area contributed by atoms with E-state index in [0.717, 1.165) is 51.4 Å². The van der Waals surface area contributed by atoms with Crippen LogP contribution in [0.5, 0.6) is 0 Å². The van der Waals surface area contributed by atoms with Gasteiger partial charge in [0.2, 0.25) is 11.8 Å². The third-order valence-electron chi connectivity index (χ3n) is 9.16. The summed E-state index contributed by atoms with van der Waals surface area (Å²) in [5, 5.41) is 23.7. The number of hydrogen-bond acceptors (Lipinski definition) is 4. The molecule has 180 valence electrons. The molecule has 0 aromatic carbocycles. The van der Waals surface area contributed by atoms with E-state index in [4.69, 9.17) is 5.26 Å². The maximum atomic E-state index is 12.9. The lowest BCUT2D eigenvalue weighted by Crippen LogP contribution is -2.59. The van der Waals surface area contributed by atoms with Gasteiger partial charge in [0.05, 0.1) is 18.6 Å². The van der Waals surface area contributed by atoms with Crippen molar-refractivity contribution < 1.29 is 14.7 Å². The lowest BCUT2D eigenvalue weighted by molar-refractivity contribution is -0.150. The molecule has 3 rings (SSSR count). The number of rotatable bonds is 6. The number of carbonyl (C=O) groups excluding carboxylic acids is 2. The van der Waals surface area contributed by atoms with E-state index >= 15 is 0 Å². The first kappa shape index (κ1) is 25.0. The van der Waals surface area contributed by atoms with E-state index in [2.05, 4.69) is 25.2 Å². The quantitative estimate of drug-likeness (QED) is 0.649. The Kier molecular flexibility index (Phi) is 8.25. The number of nitrogens with zero attached hydrogens (tertiary/aromatic N) is 2. The Balaban J connectivity index is 1.68. The number of carbonyl (C=O) groups is 2. The van der Waals surface area contributed by atoms with Crippen LogP contribution >= 0.6 is 0 Å². The van der Waals surface area contributed by atoms with Crippen LogP contribution in [0.15, 0.2) is 0 Å². The zero-order valence-corrected chi connectivity index (χ0v) is 20.5. The molecule has 0 aromatic heterocycles. The Morgan fingerprint density at radius 1 is 1.19 bits per heavy atom. The number of amides is 2. The molecule has 0 aromatic rings. The normalized spacial score (nSPS) is 36.4. The Morgan fingerprint density at radius 2 is 1.84 bits per heavy atom. The second-order valence-corrected chi connectivity index (χ2v) is 11.2. The van der Waals surface area contributed by atoms with E-state index in [1.807, 2.05) is 6.92 Å². The van der Waals surface area contributed by atoms with Crippen LogP contribution in [0.2, 0.25) is 0 Å². The lowest BCUT2D eigenvalue weighted by atomic mass is 9.51. The fourth-order valence-corrected chi connectivity index (χ4v) is 7.02. The second-order valence-electron chi connectivity index (χ2n) is 11.2. The van der Waals surface area contributed by atoms with E-state index in [-0.39, 0.29) is 52.9 Å². The first-order chi connectivity index (χ1) is 15.2. The van der Waals surface area contributed by atoms with Crippen LogP contribution in [-0.4, -0.2) is 47.6 Å². The van der Waals surface area contributed by atoms with E-state index in [9.17, 15) is 14.7 Å². The highest BCUT2D eigenvalue weighted by atomic mass is 16.3. The van der Waals surface area contributed by atoms with Crippen molar-refractivity contribution in [3.63, 3.8) is 0 Å². The first-order valence-electron chi connectivity index (χ1n) is 12.8. The van der Waals surface area contributed by atoms with Gasteiger partial charge in [-0.05, 0) is 61.7 Å². The van der Waals surface area contributed by atoms with Crippen LogP contribution in [0.3, 0.4) is 0 Å². The summed E-state index contributed by atoms with van der Waals surface area (Å²) in [5.74, 6) is 0.259. The van der Waals surface area contributed by atoms with Crippen LogP contribution in [0.1, 0.15) is 85.0 Å². The van der Waals surface area contributed by atoms with Crippen molar-refractivity contribution in [3.8, 4) is 6.07 Å². The Morgan fingerprint density at radius 3 is 2.50 bits per heavy atom. The summed E-state index contributed by atoms with van der Waals surface area (Å²) in [6.07, 6.45) is 9.12. The standard InChI is InChI=1S/C26H43N3O3/c1-17(25(32)29(4)16-8-15-27)20-11-13-26(3)14-12-21(18(2)22(26)23(20)30)28-24(31)19-9-6-5-7-10-19/h17-23,30H,5-14,16H2,1-4H3,(H,28,31). The molecule has 2 amide bonds. The molecule has 7 atom stereocenters. The Labute approximate surface area is 194 Å². The average molecular weight is 446 g/mol. The minimum atomic E-state index is -0.554. The number of hydrogen-bond donors (Lipinski definition) is 2. The largest absolute Gasteiger partial charge is 0.392 e. The molecule has 3 fully saturated rings. The Hall–Kier alpha value is -1.61. The van der Waals surface area contributed by atoms with Crippen LogP contribution in [-0.2, 0) is 9.59 Å². The highest BCUT2D eigenvalue weighted by Gasteiger charge is 2.54. The van der Waals surface area contributed by atoms with Gasteiger partial charge in [-0.3, -0.25) is 9.59 Å². The van der Waals surface area contributed by atoms with Crippen molar-refractivity contribution in [1.29, 1.82) is 5.26 Å². The minimum absolute atomic E-state index is 0.0125. The van der Waals surface area contributed by atoms with Gasteiger partial charge < -0.3 is 15.3 Å². The molecule has 2 N–H and O–H groups in total. The van der Waals surface area contributed by atoms with Gasteiger partial charge >= 0.3 is 0 Å². The predicted molar refractivity (Wildman–Crippen MR) is 124 cm³/mol. The van der Waals surface area contributed by atoms with E-state index in [1.54, 1.807) is 11.9 Å². The molecule has 0 saturated heterocycles. The van der Waals surface area contributed by atoms with E-state index in [1.165, 1.54) is 6.42 Å². The van der Waals surface area contributed by atoms with Gasteiger partial charge in [-0.2, -0.15) is 5.26 Å². The predicted octanol–water partition coefficient (Wildman–Crippen LogP) is 3.88. The Bertz CT molecular complexity index is 714. The zero-order valence-electron chi connectivity index (χ0n) is 20.5. The maximum Gasteiger partial charge on any atom is 0.225 e. The third-order valence-corrected chi connectivity index (χ3v) is 9.16. The number of nitrogens with one attached hydrogen (secondary N) is 1. The van der Waals surface area contributed by atoms with Crippen molar-refractivity contribution in [3.05, 3.63) is 0 Å². The van der Waals surface area contributed by atoms with Gasteiger partial charge in [0, 0.05) is 31.5 Å². The fraction of sp³-hybridized carbons (Fsp3) is 0.885. The summed E-state index contributed by atoms with van der Waals surface area (Å²) in [4.78, 5) is 27.5. The molecule has 32 heavy (non-hydrogen) atoms. The molecular formula is C26H43N3O3. The number of aliphatic hydroxyl groups is 1. The fourth-order valence-electron chi connectivity index (χ4n) is 7.02. The monoisotopic (exact) mass is 445 g/mol. The minimum Gasteiger partial charge on any atom is -0.392 e. The summed E-state index contributed by atoms with van der Waals surface area (Å²) in [5.41, 5.74) is 0.0525. The number of fused-ring (bicyclic) bond motifs is 1. The second kappa shape index (κ2) is 10.5. The molecule has 0 radical (unpaired) electrons. The third kappa shape index (κ3) is 5.14. The maximum absolute atomic E-state index is 12.9. The van der Waals surface area contributed by atoms with Crippen molar-refractivity contribution in [2.75, 3.05) is 13.6 Å². The summed E-state index contributed by atoms with van der Waals surface area (Å²) >= 11 is 0. The summed E-state index contributed by atoms with van der Waals surface area (Å²) < 4.78 is 0. The lowest BCUT2D eigenvalue weighted by Gasteiger charge is -2.56. The summed E-state index contributed by atoms with van der Waals surface area (Å²) in [6.45, 7) is 6.83.